The molecule has 3 aromatic rings. The largest absolute Gasteiger partial charge is 0.376 e. The number of fused-ring (bicyclic) bond motifs is 1. The minimum atomic E-state index is -0.148. The Balaban J connectivity index is 1.63. The summed E-state index contributed by atoms with van der Waals surface area (Å²) in [6.07, 6.45) is 1.89. The molecule has 1 aliphatic rings. The van der Waals surface area contributed by atoms with E-state index in [-0.39, 0.29) is 23.3 Å². The van der Waals surface area contributed by atoms with Crippen molar-refractivity contribution in [2.24, 2.45) is 0 Å². The first kappa shape index (κ1) is 20.6. The molecule has 1 saturated heterocycles. The number of thioether (sulfide) groups is 1. The van der Waals surface area contributed by atoms with Gasteiger partial charge in [-0.05, 0) is 38.8 Å². The smallest absolute Gasteiger partial charge is 0.280 e. The Morgan fingerprint density at radius 2 is 2.13 bits per heavy atom. The molecule has 0 saturated carbocycles. The maximum Gasteiger partial charge on any atom is 0.280 e. The van der Waals surface area contributed by atoms with Gasteiger partial charge in [-0.15, -0.1) is 0 Å². The van der Waals surface area contributed by atoms with E-state index in [0.29, 0.717) is 41.6 Å². The monoisotopic (exact) mass is 427 g/mol. The molecule has 9 heteroatoms. The highest BCUT2D eigenvalue weighted by atomic mass is 32.2. The normalized spacial score (nSPS) is 16.3. The second kappa shape index (κ2) is 9.01. The third-order valence-electron chi connectivity index (χ3n) is 5.08. The number of carbonyl (C=O) groups is 1. The van der Waals surface area contributed by atoms with Crippen molar-refractivity contribution in [1.29, 1.82) is 0 Å². The van der Waals surface area contributed by atoms with Crippen LogP contribution in [0.1, 0.15) is 25.5 Å². The zero-order valence-electron chi connectivity index (χ0n) is 17.1. The van der Waals surface area contributed by atoms with Crippen LogP contribution in [0.4, 0.5) is 5.69 Å². The van der Waals surface area contributed by atoms with Crippen LogP contribution in [0.5, 0.6) is 0 Å². The first-order chi connectivity index (χ1) is 14.6. The van der Waals surface area contributed by atoms with Gasteiger partial charge in [0.25, 0.3) is 5.56 Å². The van der Waals surface area contributed by atoms with Gasteiger partial charge in [-0.1, -0.05) is 30.0 Å². The number of para-hydroxylation sites is 1. The summed E-state index contributed by atoms with van der Waals surface area (Å²) in [5.41, 5.74) is 2.42. The molecule has 3 heterocycles. The first-order valence-electron chi connectivity index (χ1n) is 10.1. The maximum atomic E-state index is 13.4. The fourth-order valence-corrected chi connectivity index (χ4v) is 4.43. The molecule has 1 fully saturated rings. The minimum absolute atomic E-state index is 0.0152. The van der Waals surface area contributed by atoms with E-state index in [1.165, 1.54) is 11.8 Å². The Labute approximate surface area is 178 Å². The molecule has 0 radical (unpaired) electrons. The van der Waals surface area contributed by atoms with Gasteiger partial charge >= 0.3 is 0 Å². The van der Waals surface area contributed by atoms with E-state index in [1.807, 2.05) is 44.2 Å². The summed E-state index contributed by atoms with van der Waals surface area (Å²) in [6.45, 7) is 5.53. The number of hydrogen-bond donors (Lipinski definition) is 1. The molecule has 1 N–H and O–H groups in total. The second-order valence-corrected chi connectivity index (χ2v) is 8.19. The predicted molar refractivity (Wildman–Crippen MR) is 117 cm³/mol. The lowest BCUT2D eigenvalue weighted by Crippen LogP contribution is -2.30. The van der Waals surface area contributed by atoms with Crippen molar-refractivity contribution in [2.75, 3.05) is 17.7 Å². The van der Waals surface area contributed by atoms with Gasteiger partial charge < -0.3 is 10.1 Å². The molecule has 0 bridgehead atoms. The summed E-state index contributed by atoms with van der Waals surface area (Å²) in [5.74, 6) is 0.00414. The maximum absolute atomic E-state index is 13.4. The summed E-state index contributed by atoms with van der Waals surface area (Å²) in [6, 6.07) is 9.30. The Morgan fingerprint density at radius 1 is 1.33 bits per heavy atom. The van der Waals surface area contributed by atoms with Gasteiger partial charge in [0.1, 0.15) is 5.52 Å². The molecular formula is C21H25N5O3S. The molecule has 0 aliphatic carbocycles. The molecule has 158 valence electrons. The highest BCUT2D eigenvalue weighted by molar-refractivity contribution is 7.99. The average molecular weight is 428 g/mol. The van der Waals surface area contributed by atoms with Gasteiger partial charge in [0.05, 0.1) is 24.1 Å². The van der Waals surface area contributed by atoms with Crippen molar-refractivity contribution >= 4 is 34.4 Å². The van der Waals surface area contributed by atoms with Crippen molar-refractivity contribution < 1.29 is 9.53 Å². The molecule has 30 heavy (non-hydrogen) atoms. The highest BCUT2D eigenvalue weighted by Gasteiger charge is 2.23. The molecule has 0 spiro atoms. The lowest BCUT2D eigenvalue weighted by atomic mass is 10.2. The molecule has 1 amide bonds. The van der Waals surface area contributed by atoms with Gasteiger partial charge in [0, 0.05) is 18.8 Å². The lowest BCUT2D eigenvalue weighted by Gasteiger charge is -2.16. The summed E-state index contributed by atoms with van der Waals surface area (Å²) >= 11 is 1.26. The number of nitrogens with zero attached hydrogens (tertiary/aromatic N) is 4. The van der Waals surface area contributed by atoms with Crippen LogP contribution in [0, 0.1) is 6.92 Å². The molecule has 1 atom stereocenters. The molecule has 2 aromatic heterocycles. The fraction of sp³-hybridized carbons (Fsp3) is 0.429. The number of carbonyl (C=O) groups excluding carboxylic acids is 1. The van der Waals surface area contributed by atoms with Crippen molar-refractivity contribution in [3.63, 3.8) is 0 Å². The Hall–Kier alpha value is -2.65. The van der Waals surface area contributed by atoms with Crippen LogP contribution >= 0.6 is 11.8 Å². The van der Waals surface area contributed by atoms with Gasteiger partial charge in [0.15, 0.2) is 10.7 Å². The van der Waals surface area contributed by atoms with Crippen molar-refractivity contribution in [2.45, 2.75) is 51.0 Å². The zero-order chi connectivity index (χ0) is 21.1. The van der Waals surface area contributed by atoms with E-state index in [9.17, 15) is 9.59 Å². The zero-order valence-corrected chi connectivity index (χ0v) is 17.9. The Morgan fingerprint density at radius 3 is 2.83 bits per heavy atom. The van der Waals surface area contributed by atoms with E-state index in [4.69, 9.17) is 9.72 Å². The van der Waals surface area contributed by atoms with E-state index < -0.39 is 0 Å². The fourth-order valence-electron chi connectivity index (χ4n) is 3.63. The predicted octanol–water partition coefficient (Wildman–Crippen LogP) is 2.83. The highest BCUT2D eigenvalue weighted by Crippen LogP contribution is 2.22. The molecule has 1 aliphatic heterocycles. The number of anilines is 1. The average Bonchev–Trinajstić information content (AvgIpc) is 3.37. The van der Waals surface area contributed by atoms with Crippen LogP contribution in [0.3, 0.4) is 0 Å². The Bertz CT molecular complexity index is 1100. The Kier molecular flexibility index (Phi) is 6.19. The summed E-state index contributed by atoms with van der Waals surface area (Å²) in [4.78, 5) is 30.5. The first-order valence-corrected chi connectivity index (χ1v) is 11.1. The summed E-state index contributed by atoms with van der Waals surface area (Å²) < 4.78 is 9.09. The van der Waals surface area contributed by atoms with Crippen molar-refractivity contribution in [3.8, 4) is 0 Å². The van der Waals surface area contributed by atoms with Crippen LogP contribution in [-0.2, 0) is 22.6 Å². The van der Waals surface area contributed by atoms with Gasteiger partial charge in [0.2, 0.25) is 5.91 Å². The van der Waals surface area contributed by atoms with Gasteiger partial charge in [-0.25, -0.2) is 4.98 Å². The number of benzene rings is 1. The number of rotatable bonds is 7. The van der Waals surface area contributed by atoms with Crippen molar-refractivity contribution in [1.82, 2.24) is 19.3 Å². The van der Waals surface area contributed by atoms with Crippen LogP contribution in [0.2, 0.25) is 0 Å². The van der Waals surface area contributed by atoms with E-state index >= 15 is 0 Å². The van der Waals surface area contributed by atoms with Crippen LogP contribution < -0.4 is 10.9 Å². The number of aromatic nitrogens is 4. The van der Waals surface area contributed by atoms with Crippen LogP contribution in [0.25, 0.3) is 11.0 Å². The van der Waals surface area contributed by atoms with Gasteiger partial charge in [-0.3, -0.25) is 18.8 Å². The molecular weight excluding hydrogens is 402 g/mol. The minimum Gasteiger partial charge on any atom is -0.376 e. The molecule has 8 nitrogen and oxygen atoms in total. The third kappa shape index (κ3) is 4.27. The van der Waals surface area contributed by atoms with Crippen molar-refractivity contribution in [3.05, 3.63) is 46.4 Å². The quantitative estimate of drug-likeness (QED) is 0.461. The summed E-state index contributed by atoms with van der Waals surface area (Å²) in [7, 11) is 0. The second-order valence-electron chi connectivity index (χ2n) is 7.25. The van der Waals surface area contributed by atoms with E-state index in [1.54, 1.807) is 9.25 Å². The number of amides is 1. The number of ether oxygens (including phenoxy) is 1. The SMILES string of the molecule is CCn1nc(C)c2nc(SCC(=O)Nc3ccccc3)n(CC3CCCO3)c(=O)c21. The van der Waals surface area contributed by atoms with E-state index in [0.717, 1.165) is 18.5 Å². The number of hydrogen-bond acceptors (Lipinski definition) is 6. The number of nitrogens with one attached hydrogen (secondary N) is 1. The third-order valence-corrected chi connectivity index (χ3v) is 6.06. The van der Waals surface area contributed by atoms with Gasteiger partial charge in [-0.2, -0.15) is 5.10 Å². The summed E-state index contributed by atoms with van der Waals surface area (Å²) in [5, 5.41) is 7.84. The number of aryl methyl sites for hydroxylation is 2. The molecule has 1 aromatic carbocycles. The lowest BCUT2D eigenvalue weighted by molar-refractivity contribution is -0.113. The topological polar surface area (TPSA) is 91.0 Å². The van der Waals surface area contributed by atoms with E-state index in [2.05, 4.69) is 10.4 Å². The molecule has 1 unspecified atom stereocenters. The van der Waals surface area contributed by atoms with Crippen LogP contribution in [-0.4, -0.2) is 43.7 Å². The van der Waals surface area contributed by atoms with Crippen LogP contribution in [0.15, 0.2) is 40.3 Å². The standard InChI is InChI=1S/C21H25N5O3S/c1-3-26-19-18(14(2)24-26)23-21(25(20(19)28)12-16-10-7-11-29-16)30-13-17(27)22-15-8-5-4-6-9-15/h4-6,8-9,16H,3,7,10-13H2,1-2H3,(H,22,27). The molecule has 4 rings (SSSR count).